The van der Waals surface area contributed by atoms with Gasteiger partial charge >= 0.3 is 5.97 Å². The van der Waals surface area contributed by atoms with Crippen molar-refractivity contribution in [1.82, 2.24) is 14.3 Å². The molecular weight excluding hydrogens is 412 g/mol. The van der Waals surface area contributed by atoms with Crippen molar-refractivity contribution in [3.8, 4) is 5.75 Å². The predicted octanol–water partition coefficient (Wildman–Crippen LogP) is 0.922. The number of anilines is 1. The van der Waals surface area contributed by atoms with Crippen molar-refractivity contribution in [2.45, 2.75) is 11.3 Å². The number of nitrogens with zero attached hydrogens (tertiary/aromatic N) is 3. The molecule has 0 atom stereocenters. The van der Waals surface area contributed by atoms with E-state index in [9.17, 15) is 13.2 Å². The fourth-order valence-electron chi connectivity index (χ4n) is 2.70. The summed E-state index contributed by atoms with van der Waals surface area (Å²) in [6, 6.07) is 7.88. The summed E-state index contributed by atoms with van der Waals surface area (Å²) in [5.41, 5.74) is 0. The number of aromatic nitrogens is 2. The molecule has 3 rings (SSSR count). The van der Waals surface area contributed by atoms with Gasteiger partial charge in [0.05, 0.1) is 24.5 Å². The summed E-state index contributed by atoms with van der Waals surface area (Å²) in [4.78, 5) is 19.9. The zero-order valence-corrected chi connectivity index (χ0v) is 17.2. The van der Waals surface area contributed by atoms with Crippen molar-refractivity contribution in [3.63, 3.8) is 0 Å². The van der Waals surface area contributed by atoms with Gasteiger partial charge in [-0.25, -0.2) is 18.4 Å². The molecule has 1 saturated heterocycles. The third-order valence-corrected chi connectivity index (χ3v) is 6.14. The molecule has 1 fully saturated rings. The average molecular weight is 436 g/mol. The molecule has 2 heterocycles. The fourth-order valence-corrected chi connectivity index (χ4v) is 4.11. The van der Waals surface area contributed by atoms with Crippen molar-refractivity contribution in [2.75, 3.05) is 51.4 Å². The van der Waals surface area contributed by atoms with Gasteiger partial charge in [-0.3, -0.25) is 4.79 Å². The largest absolute Gasteiger partial charge is 0.490 e. The van der Waals surface area contributed by atoms with Crippen molar-refractivity contribution in [3.05, 3.63) is 42.7 Å². The molecule has 11 heteroatoms. The topological polar surface area (TPSA) is 120 Å². The quantitative estimate of drug-likeness (QED) is 0.428. The zero-order valence-electron chi connectivity index (χ0n) is 16.4. The van der Waals surface area contributed by atoms with Crippen LogP contribution in [-0.2, 0) is 24.3 Å². The molecule has 1 aromatic heterocycles. The van der Waals surface area contributed by atoms with Gasteiger partial charge in [-0.15, -0.1) is 0 Å². The lowest BCUT2D eigenvalue weighted by atomic mass is 10.3. The Morgan fingerprint density at radius 2 is 1.80 bits per heavy atom. The molecule has 2 aromatic rings. The van der Waals surface area contributed by atoms with Crippen LogP contribution in [0.2, 0.25) is 0 Å². The SMILES string of the molecule is O=C(CCNc1ncccn1)OCCOc1ccc(S(=O)(=O)N2CCOCC2)cc1. The third-order valence-electron chi connectivity index (χ3n) is 4.22. The maximum atomic E-state index is 12.6. The van der Waals surface area contributed by atoms with E-state index in [0.717, 1.165) is 0 Å². The maximum Gasteiger partial charge on any atom is 0.307 e. The molecule has 0 bridgehead atoms. The van der Waals surface area contributed by atoms with Gasteiger partial charge in [-0.1, -0.05) is 0 Å². The lowest BCUT2D eigenvalue weighted by molar-refractivity contribution is -0.144. The smallest absolute Gasteiger partial charge is 0.307 e. The molecule has 0 spiro atoms. The summed E-state index contributed by atoms with van der Waals surface area (Å²) < 4.78 is 42.3. The summed E-state index contributed by atoms with van der Waals surface area (Å²) >= 11 is 0. The fraction of sp³-hybridized carbons (Fsp3) is 0.421. The number of ether oxygens (including phenoxy) is 3. The van der Waals surface area contributed by atoms with Crippen LogP contribution in [-0.4, -0.2) is 74.7 Å². The van der Waals surface area contributed by atoms with Crippen LogP contribution in [0.4, 0.5) is 5.95 Å². The minimum Gasteiger partial charge on any atom is -0.490 e. The van der Waals surface area contributed by atoms with Crippen LogP contribution in [0.3, 0.4) is 0 Å². The molecule has 1 aromatic carbocycles. The molecule has 1 aliphatic heterocycles. The Labute approximate surface area is 175 Å². The number of hydrogen-bond donors (Lipinski definition) is 1. The van der Waals surface area contributed by atoms with E-state index in [2.05, 4.69) is 15.3 Å². The second-order valence-corrected chi connectivity index (χ2v) is 8.24. The van der Waals surface area contributed by atoms with Crippen LogP contribution in [0, 0.1) is 0 Å². The highest BCUT2D eigenvalue weighted by Gasteiger charge is 2.26. The van der Waals surface area contributed by atoms with Crippen molar-refractivity contribution in [2.24, 2.45) is 0 Å². The molecule has 0 aliphatic carbocycles. The first-order valence-electron chi connectivity index (χ1n) is 9.53. The Bertz CT molecular complexity index is 902. The average Bonchev–Trinajstić information content (AvgIpc) is 2.78. The summed E-state index contributed by atoms with van der Waals surface area (Å²) in [5, 5.41) is 2.92. The number of esters is 1. The Morgan fingerprint density at radius 3 is 2.50 bits per heavy atom. The van der Waals surface area contributed by atoms with Crippen LogP contribution < -0.4 is 10.1 Å². The highest BCUT2D eigenvalue weighted by Crippen LogP contribution is 2.20. The van der Waals surface area contributed by atoms with Gasteiger partial charge in [0.25, 0.3) is 0 Å². The minimum absolute atomic E-state index is 0.0918. The monoisotopic (exact) mass is 436 g/mol. The maximum absolute atomic E-state index is 12.6. The van der Waals surface area contributed by atoms with E-state index in [-0.39, 0.29) is 30.5 Å². The lowest BCUT2D eigenvalue weighted by Crippen LogP contribution is -2.40. The molecule has 0 saturated carbocycles. The number of benzene rings is 1. The molecule has 1 aliphatic rings. The van der Waals surface area contributed by atoms with E-state index in [1.54, 1.807) is 30.6 Å². The molecule has 0 radical (unpaired) electrons. The van der Waals surface area contributed by atoms with Crippen LogP contribution in [0.15, 0.2) is 47.6 Å². The molecule has 0 unspecified atom stereocenters. The first-order chi connectivity index (χ1) is 14.6. The number of carbonyl (C=O) groups is 1. The van der Waals surface area contributed by atoms with E-state index < -0.39 is 10.0 Å². The molecule has 30 heavy (non-hydrogen) atoms. The van der Waals surface area contributed by atoms with Crippen molar-refractivity contribution < 1.29 is 27.4 Å². The number of hydrogen-bond acceptors (Lipinski definition) is 9. The Hall–Kier alpha value is -2.76. The second kappa shape index (κ2) is 10.9. The number of nitrogens with one attached hydrogen (secondary N) is 1. The summed E-state index contributed by atoms with van der Waals surface area (Å²) in [5.74, 6) is 0.580. The van der Waals surface area contributed by atoms with Crippen LogP contribution in [0.25, 0.3) is 0 Å². The Kier molecular flexibility index (Phi) is 7.94. The third kappa shape index (κ3) is 6.37. The number of sulfonamides is 1. The highest BCUT2D eigenvalue weighted by atomic mass is 32.2. The van der Waals surface area contributed by atoms with Crippen LogP contribution in [0.1, 0.15) is 6.42 Å². The summed E-state index contributed by atoms with van der Waals surface area (Å²) in [7, 11) is -3.53. The first-order valence-corrected chi connectivity index (χ1v) is 11.0. The van der Waals surface area contributed by atoms with E-state index in [4.69, 9.17) is 14.2 Å². The molecule has 0 amide bonds. The standard InChI is InChI=1S/C19H24N4O6S/c24-18(6-9-22-19-20-7-1-8-21-19)29-15-14-28-16-2-4-17(5-3-16)30(25,26)23-10-12-27-13-11-23/h1-5,7-8H,6,9-15H2,(H,20,21,22). The first kappa shape index (κ1) is 21.9. The lowest BCUT2D eigenvalue weighted by Gasteiger charge is -2.26. The molecule has 1 N–H and O–H groups in total. The number of rotatable bonds is 10. The molecule has 162 valence electrons. The minimum atomic E-state index is -3.53. The predicted molar refractivity (Wildman–Crippen MR) is 108 cm³/mol. The van der Waals surface area contributed by atoms with E-state index in [0.29, 0.717) is 44.5 Å². The van der Waals surface area contributed by atoms with Gasteiger partial charge in [-0.05, 0) is 30.3 Å². The van der Waals surface area contributed by atoms with Gasteiger partial charge in [0.2, 0.25) is 16.0 Å². The van der Waals surface area contributed by atoms with E-state index in [1.165, 1.54) is 16.4 Å². The van der Waals surface area contributed by atoms with Gasteiger partial charge in [0.15, 0.2) is 0 Å². The van der Waals surface area contributed by atoms with E-state index in [1.807, 2.05) is 0 Å². The summed E-state index contributed by atoms with van der Waals surface area (Å²) in [6.07, 6.45) is 3.39. The number of morpholine rings is 1. The normalized spacial score (nSPS) is 14.8. The van der Waals surface area contributed by atoms with Gasteiger partial charge in [0, 0.05) is 32.0 Å². The second-order valence-electron chi connectivity index (χ2n) is 6.31. The highest BCUT2D eigenvalue weighted by molar-refractivity contribution is 7.89. The number of carbonyl (C=O) groups excluding carboxylic acids is 1. The van der Waals surface area contributed by atoms with Gasteiger partial charge in [-0.2, -0.15) is 4.31 Å². The van der Waals surface area contributed by atoms with Crippen molar-refractivity contribution >= 4 is 21.9 Å². The summed E-state index contributed by atoms with van der Waals surface area (Å²) in [6.45, 7) is 2.11. The Balaban J connectivity index is 1.35. The Morgan fingerprint density at radius 1 is 1.10 bits per heavy atom. The van der Waals surface area contributed by atoms with Gasteiger partial charge < -0.3 is 19.5 Å². The molecular formula is C19H24N4O6S. The van der Waals surface area contributed by atoms with Crippen LogP contribution >= 0.6 is 0 Å². The van der Waals surface area contributed by atoms with Crippen molar-refractivity contribution in [1.29, 1.82) is 0 Å². The zero-order chi connectivity index (χ0) is 21.2. The van der Waals surface area contributed by atoms with E-state index >= 15 is 0 Å². The molecule has 10 nitrogen and oxygen atoms in total. The van der Waals surface area contributed by atoms with Gasteiger partial charge in [0.1, 0.15) is 19.0 Å². The van der Waals surface area contributed by atoms with Crippen LogP contribution in [0.5, 0.6) is 5.75 Å².